The van der Waals surface area contributed by atoms with Gasteiger partial charge in [0.2, 0.25) is 5.91 Å². The van der Waals surface area contributed by atoms with Crippen molar-refractivity contribution in [2.24, 2.45) is 0 Å². The van der Waals surface area contributed by atoms with Crippen LogP contribution in [0.5, 0.6) is 0 Å². The molecule has 2 rings (SSSR count). The van der Waals surface area contributed by atoms with E-state index >= 15 is 0 Å². The zero-order chi connectivity index (χ0) is 11.4. The number of nitrogens with zero attached hydrogens (tertiary/aromatic N) is 2. The van der Waals surface area contributed by atoms with Gasteiger partial charge in [0.15, 0.2) is 0 Å². The highest BCUT2D eigenvalue weighted by molar-refractivity contribution is 7.10. The first-order chi connectivity index (χ1) is 7.81. The zero-order valence-corrected chi connectivity index (χ0v) is 9.87. The Morgan fingerprint density at radius 2 is 2.44 bits per heavy atom. The van der Waals surface area contributed by atoms with Crippen LogP contribution in [-0.2, 0) is 11.2 Å². The van der Waals surface area contributed by atoms with Crippen molar-refractivity contribution >= 4 is 17.2 Å². The summed E-state index contributed by atoms with van der Waals surface area (Å²) >= 11 is 1.61. The predicted molar refractivity (Wildman–Crippen MR) is 63.0 cm³/mol. The third-order valence-corrected chi connectivity index (χ3v) is 3.55. The quantitative estimate of drug-likeness (QED) is 0.784. The van der Waals surface area contributed by atoms with E-state index in [1.165, 1.54) is 0 Å². The van der Waals surface area contributed by atoms with Gasteiger partial charge in [0.05, 0.1) is 18.9 Å². The summed E-state index contributed by atoms with van der Waals surface area (Å²) in [6, 6.07) is 6.45. The van der Waals surface area contributed by atoms with Crippen molar-refractivity contribution in [2.75, 3.05) is 6.54 Å². The van der Waals surface area contributed by atoms with Crippen LogP contribution < -0.4 is 0 Å². The van der Waals surface area contributed by atoms with E-state index in [0.29, 0.717) is 25.4 Å². The number of nitriles is 1. The largest absolute Gasteiger partial charge is 0.338 e. The van der Waals surface area contributed by atoms with Crippen molar-refractivity contribution in [2.45, 2.75) is 31.7 Å². The number of carbonyl (C=O) groups excluding carboxylic acids is 1. The first kappa shape index (κ1) is 11.2. The van der Waals surface area contributed by atoms with E-state index in [1.807, 2.05) is 22.4 Å². The molecule has 1 saturated carbocycles. The monoisotopic (exact) mass is 234 g/mol. The van der Waals surface area contributed by atoms with E-state index in [1.54, 1.807) is 11.3 Å². The summed E-state index contributed by atoms with van der Waals surface area (Å²) < 4.78 is 0. The van der Waals surface area contributed by atoms with Gasteiger partial charge in [0.25, 0.3) is 0 Å². The molecule has 1 amide bonds. The van der Waals surface area contributed by atoms with Gasteiger partial charge < -0.3 is 4.90 Å². The molecule has 16 heavy (non-hydrogen) atoms. The van der Waals surface area contributed by atoms with Crippen LogP contribution >= 0.6 is 11.3 Å². The Hall–Kier alpha value is -1.34. The second-order valence-electron chi connectivity index (χ2n) is 3.98. The molecule has 0 saturated heterocycles. The molecule has 1 aromatic rings. The lowest BCUT2D eigenvalue weighted by Crippen LogP contribution is -2.34. The molecule has 3 nitrogen and oxygen atoms in total. The fourth-order valence-corrected chi connectivity index (χ4v) is 2.43. The van der Waals surface area contributed by atoms with Gasteiger partial charge in [-0.15, -0.1) is 11.3 Å². The average Bonchev–Trinajstić information content (AvgIpc) is 2.98. The molecule has 0 atom stereocenters. The van der Waals surface area contributed by atoms with E-state index in [2.05, 4.69) is 6.07 Å². The number of rotatable bonds is 5. The number of carbonyl (C=O) groups is 1. The minimum absolute atomic E-state index is 0.167. The first-order valence-corrected chi connectivity index (χ1v) is 6.38. The maximum atomic E-state index is 12.0. The minimum atomic E-state index is 0.167. The Balaban J connectivity index is 1.92. The second-order valence-corrected chi connectivity index (χ2v) is 5.01. The van der Waals surface area contributed by atoms with E-state index in [4.69, 9.17) is 5.26 Å². The molecule has 0 aromatic carbocycles. The summed E-state index contributed by atoms with van der Waals surface area (Å²) in [6.45, 7) is 0.589. The van der Waals surface area contributed by atoms with Gasteiger partial charge in [-0.2, -0.15) is 5.26 Å². The van der Waals surface area contributed by atoms with Gasteiger partial charge in [0, 0.05) is 17.5 Å². The SMILES string of the molecule is N#CCCN(C(=O)Cc1cccs1)C1CC1. The molecular weight excluding hydrogens is 220 g/mol. The van der Waals surface area contributed by atoms with E-state index in [-0.39, 0.29) is 5.91 Å². The summed E-state index contributed by atoms with van der Waals surface area (Å²) in [7, 11) is 0. The first-order valence-electron chi connectivity index (χ1n) is 5.50. The lowest BCUT2D eigenvalue weighted by atomic mass is 10.3. The van der Waals surface area contributed by atoms with Gasteiger partial charge in [-0.25, -0.2) is 0 Å². The third kappa shape index (κ3) is 2.83. The summed E-state index contributed by atoms with van der Waals surface area (Å²) in [5.74, 6) is 0.167. The Bertz CT molecular complexity index is 390. The van der Waals surface area contributed by atoms with Crippen molar-refractivity contribution in [3.05, 3.63) is 22.4 Å². The lowest BCUT2D eigenvalue weighted by molar-refractivity contribution is -0.130. The van der Waals surface area contributed by atoms with E-state index < -0.39 is 0 Å². The normalized spacial score (nSPS) is 14.4. The average molecular weight is 234 g/mol. The lowest BCUT2D eigenvalue weighted by Gasteiger charge is -2.20. The number of thiophene rings is 1. The Morgan fingerprint density at radius 1 is 1.62 bits per heavy atom. The smallest absolute Gasteiger partial charge is 0.228 e. The van der Waals surface area contributed by atoms with Crippen molar-refractivity contribution < 1.29 is 4.79 Å². The summed E-state index contributed by atoms with van der Waals surface area (Å²) in [5.41, 5.74) is 0. The van der Waals surface area contributed by atoms with E-state index in [0.717, 1.165) is 17.7 Å². The molecule has 1 fully saturated rings. The van der Waals surface area contributed by atoms with Crippen LogP contribution in [0.4, 0.5) is 0 Å². The molecular formula is C12H14N2OS. The molecule has 1 aliphatic rings. The highest BCUT2D eigenvalue weighted by atomic mass is 32.1. The summed E-state index contributed by atoms with van der Waals surface area (Å²) in [6.07, 6.45) is 3.12. The third-order valence-electron chi connectivity index (χ3n) is 2.68. The van der Waals surface area contributed by atoms with Crippen molar-refractivity contribution in [1.82, 2.24) is 4.90 Å². The maximum absolute atomic E-state index is 12.0. The Kier molecular flexibility index (Phi) is 3.58. The topological polar surface area (TPSA) is 44.1 Å². The second kappa shape index (κ2) is 5.13. The molecule has 4 heteroatoms. The zero-order valence-electron chi connectivity index (χ0n) is 9.06. The Morgan fingerprint density at radius 3 is 3.00 bits per heavy atom. The van der Waals surface area contributed by atoms with Gasteiger partial charge in [-0.05, 0) is 24.3 Å². The maximum Gasteiger partial charge on any atom is 0.228 e. The highest BCUT2D eigenvalue weighted by Gasteiger charge is 2.31. The fraction of sp³-hybridized carbons (Fsp3) is 0.500. The van der Waals surface area contributed by atoms with Crippen LogP contribution in [0.2, 0.25) is 0 Å². The standard InChI is InChI=1S/C12H14N2OS/c13-6-2-7-14(10-4-5-10)12(15)9-11-3-1-8-16-11/h1,3,8,10H,2,4-5,7,9H2. The molecule has 0 aliphatic heterocycles. The van der Waals surface area contributed by atoms with E-state index in [9.17, 15) is 4.79 Å². The Labute approximate surface area is 99.3 Å². The molecule has 1 heterocycles. The predicted octanol–water partition coefficient (Wildman–Crippen LogP) is 2.20. The van der Waals surface area contributed by atoms with Crippen LogP contribution in [0.1, 0.15) is 24.1 Å². The molecule has 1 aliphatic carbocycles. The van der Waals surface area contributed by atoms with Crippen LogP contribution in [0.3, 0.4) is 0 Å². The van der Waals surface area contributed by atoms with Crippen LogP contribution in [-0.4, -0.2) is 23.4 Å². The van der Waals surface area contributed by atoms with Crippen LogP contribution in [0.25, 0.3) is 0 Å². The van der Waals surface area contributed by atoms with Crippen molar-refractivity contribution in [1.29, 1.82) is 5.26 Å². The van der Waals surface area contributed by atoms with Crippen molar-refractivity contribution in [3.63, 3.8) is 0 Å². The molecule has 0 unspecified atom stereocenters. The van der Waals surface area contributed by atoms with Crippen molar-refractivity contribution in [3.8, 4) is 6.07 Å². The molecule has 84 valence electrons. The number of hydrogen-bond acceptors (Lipinski definition) is 3. The molecule has 0 bridgehead atoms. The molecule has 0 N–H and O–H groups in total. The number of amides is 1. The van der Waals surface area contributed by atoms with Crippen LogP contribution in [0.15, 0.2) is 17.5 Å². The van der Waals surface area contributed by atoms with Gasteiger partial charge >= 0.3 is 0 Å². The molecule has 1 aromatic heterocycles. The minimum Gasteiger partial charge on any atom is -0.338 e. The number of hydrogen-bond donors (Lipinski definition) is 0. The fourth-order valence-electron chi connectivity index (χ4n) is 1.73. The molecule has 0 radical (unpaired) electrons. The highest BCUT2D eigenvalue weighted by Crippen LogP contribution is 2.27. The summed E-state index contributed by atoms with van der Waals surface area (Å²) in [5, 5.41) is 10.6. The van der Waals surface area contributed by atoms with Crippen LogP contribution in [0, 0.1) is 11.3 Å². The summed E-state index contributed by atoms with van der Waals surface area (Å²) in [4.78, 5) is 15.0. The molecule has 0 spiro atoms. The van der Waals surface area contributed by atoms with Gasteiger partial charge in [-0.1, -0.05) is 6.07 Å². The van der Waals surface area contributed by atoms with Gasteiger partial charge in [0.1, 0.15) is 0 Å². The van der Waals surface area contributed by atoms with Gasteiger partial charge in [-0.3, -0.25) is 4.79 Å².